The van der Waals surface area contributed by atoms with Crippen LogP contribution in [0, 0.1) is 0 Å². The van der Waals surface area contributed by atoms with Gasteiger partial charge in [0, 0.05) is 63.9 Å². The smallest absolute Gasteiger partial charge is 0.334 e. The molecule has 0 bridgehead atoms. The number of hydroxylamine groups is 4. The molecule has 3 rings (SSSR count). The molecule has 3 heterocycles. The van der Waals surface area contributed by atoms with Gasteiger partial charge in [0.05, 0.1) is 12.8 Å². The highest BCUT2D eigenvalue weighted by atomic mass is 16.7. The van der Waals surface area contributed by atoms with Gasteiger partial charge in [0.25, 0.3) is 35.4 Å². The second kappa shape index (κ2) is 15.1. The minimum absolute atomic E-state index is 0.0956. The fourth-order valence-corrected chi connectivity index (χ4v) is 3.93. The Labute approximate surface area is 248 Å². The van der Waals surface area contributed by atoms with Crippen molar-refractivity contribution >= 4 is 65.1 Å². The van der Waals surface area contributed by atoms with Gasteiger partial charge in [-0.15, -0.1) is 10.1 Å². The summed E-state index contributed by atoms with van der Waals surface area (Å²) in [6.07, 6.45) is 0.349. The Morgan fingerprint density at radius 3 is 1.41 bits per heavy atom. The molecule has 19 nitrogen and oxygen atoms in total. The molecule has 0 unspecified atom stereocenters. The van der Waals surface area contributed by atoms with E-state index in [1.807, 2.05) is 0 Å². The third-order valence-corrected chi connectivity index (χ3v) is 6.17. The summed E-state index contributed by atoms with van der Waals surface area (Å²) < 4.78 is 0. The molecule has 0 aromatic rings. The summed E-state index contributed by atoms with van der Waals surface area (Å²) in [7, 11) is 0. The molecule has 44 heavy (non-hydrogen) atoms. The predicted octanol–water partition coefficient (Wildman–Crippen LogP) is -3.64. The SMILES string of the molecule is O=C(CN(CC(=O)NCCC(=O)ON1C(=O)CCC1=O)C(=O)CCN1C(=O)C=CC1=O)NCCC(=O)ON1C(=O)CCC1=O. The third kappa shape index (κ3) is 9.26. The second-order valence-corrected chi connectivity index (χ2v) is 9.45. The van der Waals surface area contributed by atoms with E-state index in [1.165, 1.54) is 0 Å². The second-order valence-electron chi connectivity index (χ2n) is 9.45. The number of carbonyl (C=O) groups is 11. The number of nitrogens with one attached hydrogen (secondary N) is 2. The van der Waals surface area contributed by atoms with Crippen molar-refractivity contribution in [3.05, 3.63) is 12.2 Å². The van der Waals surface area contributed by atoms with E-state index >= 15 is 0 Å². The quantitative estimate of drug-likeness (QED) is 0.168. The van der Waals surface area contributed by atoms with Crippen molar-refractivity contribution in [1.82, 2.24) is 30.6 Å². The van der Waals surface area contributed by atoms with Crippen molar-refractivity contribution in [3.8, 4) is 0 Å². The Hall–Kier alpha value is -5.49. The molecule has 9 amide bonds. The minimum Gasteiger partial charge on any atom is -0.354 e. The van der Waals surface area contributed by atoms with E-state index in [0.717, 1.165) is 22.0 Å². The van der Waals surface area contributed by atoms with Crippen molar-refractivity contribution in [2.45, 2.75) is 44.9 Å². The van der Waals surface area contributed by atoms with Crippen LogP contribution in [0.25, 0.3) is 0 Å². The first kappa shape index (κ1) is 33.0. The Bertz CT molecular complexity index is 1210. The van der Waals surface area contributed by atoms with Crippen LogP contribution >= 0.6 is 0 Å². The van der Waals surface area contributed by atoms with Gasteiger partial charge in [-0.05, 0) is 0 Å². The molecule has 2 saturated heterocycles. The highest BCUT2D eigenvalue weighted by Gasteiger charge is 2.34. The summed E-state index contributed by atoms with van der Waals surface area (Å²) >= 11 is 0. The monoisotopic (exact) mass is 620 g/mol. The third-order valence-electron chi connectivity index (χ3n) is 6.17. The first-order valence-corrected chi connectivity index (χ1v) is 13.3. The number of carbonyl (C=O) groups excluding carboxylic acids is 11. The van der Waals surface area contributed by atoms with E-state index in [1.54, 1.807) is 0 Å². The molecule has 0 spiro atoms. The number of imide groups is 3. The molecule has 0 atom stereocenters. The summed E-state index contributed by atoms with van der Waals surface area (Å²) in [6.45, 7) is -2.33. The van der Waals surface area contributed by atoms with Crippen LogP contribution < -0.4 is 10.6 Å². The van der Waals surface area contributed by atoms with Crippen molar-refractivity contribution in [2.24, 2.45) is 0 Å². The average molecular weight is 621 g/mol. The molecule has 19 heteroatoms. The van der Waals surface area contributed by atoms with Crippen LogP contribution in [0.5, 0.6) is 0 Å². The van der Waals surface area contributed by atoms with Crippen molar-refractivity contribution < 1.29 is 62.4 Å². The van der Waals surface area contributed by atoms with Gasteiger partial charge in [-0.1, -0.05) is 0 Å². The zero-order valence-corrected chi connectivity index (χ0v) is 23.2. The number of hydrogen-bond acceptors (Lipinski definition) is 13. The van der Waals surface area contributed by atoms with E-state index in [4.69, 9.17) is 0 Å². The molecule has 0 radical (unpaired) electrons. The molecule has 3 aliphatic heterocycles. The van der Waals surface area contributed by atoms with Crippen LogP contribution in [0.2, 0.25) is 0 Å². The molecule has 0 saturated carbocycles. The maximum atomic E-state index is 12.9. The van der Waals surface area contributed by atoms with Gasteiger partial charge in [0.2, 0.25) is 17.7 Å². The predicted molar refractivity (Wildman–Crippen MR) is 137 cm³/mol. The van der Waals surface area contributed by atoms with Gasteiger partial charge in [-0.25, -0.2) is 9.59 Å². The van der Waals surface area contributed by atoms with Gasteiger partial charge in [0.15, 0.2) is 0 Å². The summed E-state index contributed by atoms with van der Waals surface area (Å²) in [5, 5.41) is 5.35. The molecule has 0 aromatic carbocycles. The largest absolute Gasteiger partial charge is 0.354 e. The Kier molecular flexibility index (Phi) is 11.3. The first-order chi connectivity index (χ1) is 20.8. The summed E-state index contributed by atoms with van der Waals surface area (Å²) in [5.41, 5.74) is 0. The van der Waals surface area contributed by atoms with Gasteiger partial charge in [-0.3, -0.25) is 48.1 Å². The fourth-order valence-electron chi connectivity index (χ4n) is 3.93. The molecular formula is C25H28N6O13. The molecular weight excluding hydrogens is 592 g/mol. The first-order valence-electron chi connectivity index (χ1n) is 13.3. The Morgan fingerprint density at radius 2 is 1.02 bits per heavy atom. The van der Waals surface area contributed by atoms with Crippen LogP contribution in [0.1, 0.15) is 44.9 Å². The van der Waals surface area contributed by atoms with Gasteiger partial charge >= 0.3 is 11.9 Å². The van der Waals surface area contributed by atoms with Gasteiger partial charge < -0.3 is 25.2 Å². The molecule has 0 aliphatic carbocycles. The number of amides is 9. The normalized spacial score (nSPS) is 16.1. The molecule has 0 aromatic heterocycles. The highest BCUT2D eigenvalue weighted by molar-refractivity contribution is 6.13. The van der Waals surface area contributed by atoms with E-state index in [2.05, 4.69) is 20.3 Å². The zero-order chi connectivity index (χ0) is 32.4. The van der Waals surface area contributed by atoms with Crippen molar-refractivity contribution in [2.75, 3.05) is 32.7 Å². The number of nitrogens with zero attached hydrogens (tertiary/aromatic N) is 4. The molecule has 2 N–H and O–H groups in total. The summed E-state index contributed by atoms with van der Waals surface area (Å²) in [5.74, 6) is -8.38. The van der Waals surface area contributed by atoms with Gasteiger partial charge in [-0.2, -0.15) is 0 Å². The maximum Gasteiger partial charge on any atom is 0.334 e. The molecule has 3 aliphatic rings. The maximum absolute atomic E-state index is 12.9. The fraction of sp³-hybridized carbons (Fsp3) is 0.480. The topological polar surface area (TPSA) is 243 Å². The lowest BCUT2D eigenvalue weighted by molar-refractivity contribution is -0.197. The van der Waals surface area contributed by atoms with Crippen molar-refractivity contribution in [1.29, 1.82) is 0 Å². The van der Waals surface area contributed by atoms with E-state index in [-0.39, 0.29) is 45.3 Å². The van der Waals surface area contributed by atoms with Crippen LogP contribution in [-0.4, -0.2) is 118 Å². The average Bonchev–Trinajstić information content (AvgIpc) is 3.58. The summed E-state index contributed by atoms with van der Waals surface area (Å²) in [6, 6.07) is 0. The number of rotatable bonds is 15. The highest BCUT2D eigenvalue weighted by Crippen LogP contribution is 2.13. The summed E-state index contributed by atoms with van der Waals surface area (Å²) in [4.78, 5) is 142. The molecule has 2 fully saturated rings. The van der Waals surface area contributed by atoms with Crippen LogP contribution in [-0.2, 0) is 62.4 Å². The standard InChI is InChI=1S/C25H28N6O13/c32-15(26-10-7-24(41)43-30-20(37)3-4-21(30)38)13-28(17(34)9-12-29-18(35)1-2-19(29)36)14-16(33)27-11-8-25(42)44-31-22(39)5-6-23(31)40/h1-2H,3-14H2,(H,26,32)(H,27,33). The lowest BCUT2D eigenvalue weighted by atomic mass is 10.3. The lowest BCUT2D eigenvalue weighted by Crippen LogP contribution is -2.47. The van der Waals surface area contributed by atoms with E-state index < -0.39 is 97.5 Å². The number of hydrogen-bond donors (Lipinski definition) is 2. The van der Waals surface area contributed by atoms with E-state index in [0.29, 0.717) is 10.1 Å². The van der Waals surface area contributed by atoms with Crippen LogP contribution in [0.4, 0.5) is 0 Å². The van der Waals surface area contributed by atoms with Gasteiger partial charge in [0.1, 0.15) is 13.1 Å². The Balaban J connectivity index is 1.48. The molecule has 236 valence electrons. The lowest BCUT2D eigenvalue weighted by Gasteiger charge is -2.23. The minimum atomic E-state index is -0.980. The van der Waals surface area contributed by atoms with Crippen molar-refractivity contribution in [3.63, 3.8) is 0 Å². The van der Waals surface area contributed by atoms with E-state index in [9.17, 15) is 52.7 Å². The van der Waals surface area contributed by atoms with Crippen LogP contribution in [0.15, 0.2) is 12.2 Å². The Morgan fingerprint density at radius 1 is 0.636 bits per heavy atom. The van der Waals surface area contributed by atoms with Crippen LogP contribution in [0.3, 0.4) is 0 Å². The zero-order valence-electron chi connectivity index (χ0n) is 23.2.